The fourth-order valence-corrected chi connectivity index (χ4v) is 12.0. The molecule has 3 rings (SSSR count). The maximum Gasteiger partial charge on any atom is 0.175 e. The zero-order valence-electron chi connectivity index (χ0n) is 18.2. The van der Waals surface area contributed by atoms with Crippen LogP contribution in [0.1, 0.15) is 96.3 Å². The Labute approximate surface area is 169 Å². The van der Waals surface area contributed by atoms with E-state index >= 15 is 0 Å². The molecule has 3 saturated carbocycles. The summed E-state index contributed by atoms with van der Waals surface area (Å²) in [5, 5.41) is 12.5. The topological polar surface area (TPSA) is 48.5 Å². The highest BCUT2D eigenvalue weighted by atomic mass is 31.2. The highest BCUT2D eigenvalue weighted by Crippen LogP contribution is 2.44. The van der Waals surface area contributed by atoms with Gasteiger partial charge in [-0.1, -0.05) is 57.8 Å². The number of hydrogen-bond acceptors (Lipinski definition) is 1. The van der Waals surface area contributed by atoms with E-state index in [2.05, 4.69) is 34.9 Å². The number of rotatable bonds is 7. The second-order valence-electron chi connectivity index (χ2n) is 10.3. The third-order valence-electron chi connectivity index (χ3n) is 6.37. The molecular formula is C21H45N4PSi. The largest absolute Gasteiger partial charge is 0.300 e. The summed E-state index contributed by atoms with van der Waals surface area (Å²) >= 11 is 0. The predicted octanol–water partition coefficient (Wildman–Crippen LogP) is 6.53. The maximum absolute atomic E-state index is 5.64. The zero-order valence-corrected chi connectivity index (χ0v) is 20.1. The van der Waals surface area contributed by atoms with Crippen LogP contribution in [0.4, 0.5) is 0 Å². The summed E-state index contributed by atoms with van der Waals surface area (Å²) in [5.74, 6) is 0. The van der Waals surface area contributed by atoms with Crippen molar-refractivity contribution in [2.24, 2.45) is 4.41 Å². The molecule has 0 spiro atoms. The van der Waals surface area contributed by atoms with E-state index in [0.29, 0.717) is 18.1 Å². The van der Waals surface area contributed by atoms with E-state index in [1.165, 1.54) is 96.3 Å². The Bertz CT molecular complexity index is 430. The molecule has 0 atom stereocenters. The summed E-state index contributed by atoms with van der Waals surface area (Å²) < 4.78 is 5.64. The standard InChI is InChI=1S/C21H45N4PSi/c1-27(2,3)25-26(22-19-13-7-4-8-14-19,23-20-15-9-5-10-16-20)24-21-17-11-6-12-18-21/h19-24H,4-18H2,1-3H3. The minimum absolute atomic E-state index is 0.652. The normalized spacial score (nSPS) is 24.9. The van der Waals surface area contributed by atoms with Crippen molar-refractivity contribution >= 4 is 15.7 Å². The fourth-order valence-electron chi connectivity index (χ4n) is 5.14. The monoisotopic (exact) mass is 412 g/mol. The first-order valence-electron chi connectivity index (χ1n) is 11.9. The van der Waals surface area contributed by atoms with Crippen LogP contribution in [0.3, 0.4) is 0 Å². The quantitative estimate of drug-likeness (QED) is 0.329. The van der Waals surface area contributed by atoms with E-state index in [0.717, 1.165) is 0 Å². The minimum Gasteiger partial charge on any atom is -0.300 e. The van der Waals surface area contributed by atoms with Gasteiger partial charge >= 0.3 is 0 Å². The smallest absolute Gasteiger partial charge is 0.175 e. The Morgan fingerprint density at radius 3 is 1.11 bits per heavy atom. The van der Waals surface area contributed by atoms with Crippen molar-refractivity contribution in [2.45, 2.75) is 134 Å². The molecule has 3 aliphatic rings. The van der Waals surface area contributed by atoms with Gasteiger partial charge in [-0.3, -0.25) is 19.7 Å². The molecule has 3 aliphatic carbocycles. The van der Waals surface area contributed by atoms with Crippen LogP contribution in [0.15, 0.2) is 4.41 Å². The molecule has 0 aromatic carbocycles. The van der Waals surface area contributed by atoms with Crippen molar-refractivity contribution in [3.8, 4) is 0 Å². The molecule has 0 aromatic heterocycles. The molecule has 0 unspecified atom stereocenters. The molecule has 6 heteroatoms. The van der Waals surface area contributed by atoms with Gasteiger partial charge in [-0.15, -0.1) is 0 Å². The summed E-state index contributed by atoms with van der Waals surface area (Å²) in [5.41, 5.74) is 0. The van der Waals surface area contributed by atoms with Crippen molar-refractivity contribution in [1.29, 1.82) is 0 Å². The lowest BCUT2D eigenvalue weighted by Gasteiger charge is -2.41. The SMILES string of the molecule is C[Si](C)(C)N=P(NC1CCCCC1)(NC1CCCCC1)NC1CCCCC1. The van der Waals surface area contributed by atoms with E-state index in [4.69, 9.17) is 4.41 Å². The molecule has 0 bridgehead atoms. The van der Waals surface area contributed by atoms with Gasteiger partial charge in [0.1, 0.15) is 0 Å². The molecule has 158 valence electrons. The van der Waals surface area contributed by atoms with Gasteiger partial charge in [0, 0.05) is 18.1 Å². The van der Waals surface area contributed by atoms with Gasteiger partial charge in [-0.25, -0.2) is 0 Å². The highest BCUT2D eigenvalue weighted by molar-refractivity contribution is 7.61. The van der Waals surface area contributed by atoms with Crippen LogP contribution < -0.4 is 15.3 Å². The first kappa shape index (κ1) is 22.0. The van der Waals surface area contributed by atoms with Crippen molar-refractivity contribution in [3.63, 3.8) is 0 Å². The van der Waals surface area contributed by atoms with E-state index < -0.39 is 15.7 Å². The van der Waals surface area contributed by atoms with Gasteiger partial charge in [0.15, 0.2) is 15.7 Å². The number of hydrogen-bond donors (Lipinski definition) is 3. The van der Waals surface area contributed by atoms with Crippen molar-refractivity contribution in [3.05, 3.63) is 0 Å². The second kappa shape index (κ2) is 10.4. The molecule has 4 nitrogen and oxygen atoms in total. The van der Waals surface area contributed by atoms with Crippen LogP contribution in [0.5, 0.6) is 0 Å². The van der Waals surface area contributed by atoms with Crippen molar-refractivity contribution < 1.29 is 0 Å². The molecule has 0 radical (unpaired) electrons. The van der Waals surface area contributed by atoms with Gasteiger partial charge in [0.2, 0.25) is 0 Å². The summed E-state index contributed by atoms with van der Waals surface area (Å²) in [7, 11) is -3.45. The van der Waals surface area contributed by atoms with E-state index in [1.807, 2.05) is 0 Å². The molecular weight excluding hydrogens is 367 g/mol. The Kier molecular flexibility index (Phi) is 8.47. The van der Waals surface area contributed by atoms with Gasteiger partial charge < -0.3 is 0 Å². The van der Waals surface area contributed by atoms with Crippen LogP contribution in [0, 0.1) is 0 Å². The first-order valence-corrected chi connectivity index (χ1v) is 17.1. The maximum atomic E-state index is 5.64. The lowest BCUT2D eigenvalue weighted by Crippen LogP contribution is -2.47. The summed E-state index contributed by atoms with van der Waals surface area (Å²) in [6.45, 7) is 7.24. The Morgan fingerprint density at radius 1 is 0.556 bits per heavy atom. The van der Waals surface area contributed by atoms with E-state index in [-0.39, 0.29) is 0 Å². The zero-order chi connectivity index (χ0) is 19.2. The van der Waals surface area contributed by atoms with Gasteiger partial charge in [0.25, 0.3) is 0 Å². The van der Waals surface area contributed by atoms with E-state index in [9.17, 15) is 0 Å². The third-order valence-corrected chi connectivity index (χ3v) is 12.2. The summed E-state index contributed by atoms with van der Waals surface area (Å²) in [6.07, 6.45) is 20.6. The fraction of sp³-hybridized carbons (Fsp3) is 1.00. The Morgan fingerprint density at radius 2 is 0.852 bits per heavy atom. The highest BCUT2D eigenvalue weighted by Gasteiger charge is 2.32. The Balaban J connectivity index is 1.84. The second-order valence-corrected chi connectivity index (χ2v) is 17.5. The van der Waals surface area contributed by atoms with Crippen molar-refractivity contribution in [2.75, 3.05) is 0 Å². The average Bonchev–Trinajstić information content (AvgIpc) is 2.62. The molecule has 3 fully saturated rings. The van der Waals surface area contributed by atoms with Gasteiger partial charge in [-0.05, 0) is 58.2 Å². The Hall–Kier alpha value is 0.327. The molecule has 0 aromatic rings. The minimum atomic E-state index is -1.89. The van der Waals surface area contributed by atoms with Gasteiger partial charge in [0.05, 0.1) is 0 Å². The van der Waals surface area contributed by atoms with E-state index in [1.54, 1.807) is 0 Å². The third kappa shape index (κ3) is 7.58. The number of nitrogens with one attached hydrogen (secondary N) is 3. The molecule has 0 amide bonds. The molecule has 0 aliphatic heterocycles. The van der Waals surface area contributed by atoms with Crippen LogP contribution in [-0.2, 0) is 0 Å². The predicted molar refractivity (Wildman–Crippen MR) is 123 cm³/mol. The lowest BCUT2D eigenvalue weighted by molar-refractivity contribution is 0.387. The number of nitrogens with zero attached hydrogens (tertiary/aromatic N) is 1. The van der Waals surface area contributed by atoms with Crippen LogP contribution in [0.2, 0.25) is 19.6 Å². The molecule has 0 saturated heterocycles. The lowest BCUT2D eigenvalue weighted by atomic mass is 9.96. The molecule has 27 heavy (non-hydrogen) atoms. The molecule has 3 N–H and O–H groups in total. The van der Waals surface area contributed by atoms with Crippen molar-refractivity contribution in [1.82, 2.24) is 15.3 Å². The van der Waals surface area contributed by atoms with Gasteiger partial charge in [-0.2, -0.15) is 0 Å². The average molecular weight is 413 g/mol. The summed E-state index contributed by atoms with van der Waals surface area (Å²) in [4.78, 5) is 0. The van der Waals surface area contributed by atoms with Crippen LogP contribution in [-0.4, -0.2) is 26.4 Å². The van der Waals surface area contributed by atoms with Crippen LogP contribution in [0.25, 0.3) is 0 Å². The summed E-state index contributed by atoms with van der Waals surface area (Å²) in [6, 6.07) is 1.96. The molecule has 0 heterocycles. The first-order chi connectivity index (χ1) is 12.9. The van der Waals surface area contributed by atoms with Crippen LogP contribution >= 0.6 is 7.51 Å².